The summed E-state index contributed by atoms with van der Waals surface area (Å²) in [4.78, 5) is 11.8. The van der Waals surface area contributed by atoms with Gasteiger partial charge >= 0.3 is 0 Å². The van der Waals surface area contributed by atoms with Gasteiger partial charge in [0.05, 0.1) is 18.3 Å². The van der Waals surface area contributed by atoms with Crippen LogP contribution in [0.3, 0.4) is 0 Å². The lowest BCUT2D eigenvalue weighted by molar-refractivity contribution is -0.120. The molecular weight excluding hydrogens is 262 g/mol. The third-order valence-corrected chi connectivity index (χ3v) is 3.90. The Morgan fingerprint density at radius 2 is 2.42 bits per heavy atom. The first-order valence-corrected chi connectivity index (χ1v) is 7.07. The lowest BCUT2D eigenvalue weighted by Crippen LogP contribution is -2.31. The highest BCUT2D eigenvalue weighted by atomic mass is 32.2. The maximum Gasteiger partial charge on any atom is 0.234 e. The number of aromatic nitrogens is 3. The summed E-state index contributed by atoms with van der Waals surface area (Å²) in [6, 6.07) is 0.442. The van der Waals surface area contributed by atoms with Gasteiger partial charge in [-0.15, -0.1) is 16.6 Å². The predicted molar refractivity (Wildman–Crippen MR) is 73.3 cm³/mol. The number of nitrogens with two attached hydrogens (primary N) is 1. The van der Waals surface area contributed by atoms with E-state index in [1.165, 1.54) is 11.8 Å². The number of thioether (sulfide) groups is 1. The van der Waals surface area contributed by atoms with Crippen molar-refractivity contribution >= 4 is 17.7 Å². The first-order chi connectivity index (χ1) is 9.17. The monoisotopic (exact) mass is 279 g/mol. The van der Waals surface area contributed by atoms with E-state index in [0.717, 1.165) is 23.8 Å². The van der Waals surface area contributed by atoms with E-state index in [2.05, 4.69) is 26.0 Å². The van der Waals surface area contributed by atoms with E-state index >= 15 is 0 Å². The molecule has 1 amide bonds. The van der Waals surface area contributed by atoms with Gasteiger partial charge in [-0.1, -0.05) is 17.7 Å². The lowest BCUT2D eigenvalue weighted by atomic mass is 10.4. The largest absolute Gasteiger partial charge is 0.344 e. The predicted octanol–water partition coefficient (Wildman–Crippen LogP) is 0.302. The van der Waals surface area contributed by atoms with Crippen molar-refractivity contribution < 1.29 is 4.79 Å². The molecule has 102 valence electrons. The molecule has 1 fully saturated rings. The maximum absolute atomic E-state index is 11.8. The van der Waals surface area contributed by atoms with Crippen molar-refractivity contribution in [1.82, 2.24) is 20.1 Å². The molecule has 3 N–H and O–H groups in total. The smallest absolute Gasteiger partial charge is 0.234 e. The summed E-state index contributed by atoms with van der Waals surface area (Å²) in [6.45, 7) is 2.43. The molecule has 0 saturated heterocycles. The maximum atomic E-state index is 11.8. The van der Waals surface area contributed by atoms with Crippen LogP contribution >= 0.6 is 11.8 Å². The van der Waals surface area contributed by atoms with Crippen molar-refractivity contribution in [3.05, 3.63) is 5.82 Å². The average Bonchev–Trinajstić information content (AvgIpc) is 3.17. The molecule has 1 saturated carbocycles. The van der Waals surface area contributed by atoms with Crippen molar-refractivity contribution in [3.63, 3.8) is 0 Å². The minimum absolute atomic E-state index is 0.0948. The number of carbonyl (C=O) groups excluding carboxylic acids is 1. The molecule has 1 heterocycles. The highest BCUT2D eigenvalue weighted by molar-refractivity contribution is 8.00. The van der Waals surface area contributed by atoms with Crippen LogP contribution in [0.1, 0.15) is 31.6 Å². The SMILES string of the molecule is C#CCNC(=O)C(C)Sc1nnc(CN)n1C1CC1. The van der Waals surface area contributed by atoms with Gasteiger partial charge < -0.3 is 15.6 Å². The molecule has 1 aromatic heterocycles. The molecular formula is C12H17N5OS. The Labute approximate surface area is 116 Å². The Balaban J connectivity index is 2.04. The van der Waals surface area contributed by atoms with Crippen LogP contribution in [0.15, 0.2) is 5.16 Å². The number of terminal acetylenes is 1. The Kier molecular flexibility index (Phi) is 4.45. The van der Waals surface area contributed by atoms with Gasteiger partial charge in [0.25, 0.3) is 0 Å². The second-order valence-corrected chi connectivity index (χ2v) is 5.69. The highest BCUT2D eigenvalue weighted by Gasteiger charge is 2.30. The summed E-state index contributed by atoms with van der Waals surface area (Å²) in [5, 5.41) is 11.4. The number of rotatable bonds is 6. The molecule has 1 atom stereocenters. The van der Waals surface area contributed by atoms with Crippen LogP contribution in [0.5, 0.6) is 0 Å². The normalized spacial score (nSPS) is 15.8. The van der Waals surface area contributed by atoms with Crippen LogP contribution in [-0.4, -0.2) is 32.5 Å². The molecule has 0 aliphatic heterocycles. The Bertz CT molecular complexity index is 503. The van der Waals surface area contributed by atoms with Gasteiger partial charge in [-0.3, -0.25) is 4.79 Å². The fourth-order valence-corrected chi connectivity index (χ4v) is 2.68. The molecule has 1 aromatic rings. The topological polar surface area (TPSA) is 85.8 Å². The Morgan fingerprint density at radius 3 is 3.00 bits per heavy atom. The second kappa shape index (κ2) is 6.08. The number of nitrogens with one attached hydrogen (secondary N) is 1. The van der Waals surface area contributed by atoms with Crippen molar-refractivity contribution in [2.24, 2.45) is 5.73 Å². The number of hydrogen-bond donors (Lipinski definition) is 2. The van der Waals surface area contributed by atoms with Crippen LogP contribution in [-0.2, 0) is 11.3 Å². The molecule has 0 radical (unpaired) electrons. The molecule has 6 nitrogen and oxygen atoms in total. The number of hydrogen-bond acceptors (Lipinski definition) is 5. The summed E-state index contributed by atoms with van der Waals surface area (Å²) >= 11 is 1.39. The van der Waals surface area contributed by atoms with Gasteiger partial charge in [0.2, 0.25) is 5.91 Å². The van der Waals surface area contributed by atoms with E-state index in [0.29, 0.717) is 12.6 Å². The number of nitrogens with zero attached hydrogens (tertiary/aromatic N) is 3. The minimum atomic E-state index is -0.263. The zero-order valence-corrected chi connectivity index (χ0v) is 11.6. The molecule has 0 bridgehead atoms. The zero-order valence-electron chi connectivity index (χ0n) is 10.8. The Morgan fingerprint density at radius 1 is 1.68 bits per heavy atom. The fourth-order valence-electron chi connectivity index (χ4n) is 1.72. The van der Waals surface area contributed by atoms with Crippen molar-refractivity contribution in [1.29, 1.82) is 0 Å². The quantitative estimate of drug-likeness (QED) is 0.578. The van der Waals surface area contributed by atoms with Gasteiger partial charge in [-0.05, 0) is 19.8 Å². The third kappa shape index (κ3) is 3.28. The zero-order chi connectivity index (χ0) is 13.8. The fraction of sp³-hybridized carbons (Fsp3) is 0.583. The summed E-state index contributed by atoms with van der Waals surface area (Å²) in [5.41, 5.74) is 5.65. The van der Waals surface area contributed by atoms with Crippen molar-refractivity contribution in [3.8, 4) is 12.3 Å². The van der Waals surface area contributed by atoms with Gasteiger partial charge in [0.1, 0.15) is 5.82 Å². The summed E-state index contributed by atoms with van der Waals surface area (Å²) < 4.78 is 2.05. The lowest BCUT2D eigenvalue weighted by Gasteiger charge is -2.12. The molecule has 0 aromatic carbocycles. The van der Waals surface area contributed by atoms with Crippen molar-refractivity contribution in [2.75, 3.05) is 6.54 Å². The second-order valence-electron chi connectivity index (χ2n) is 4.39. The molecule has 1 aliphatic carbocycles. The minimum Gasteiger partial charge on any atom is -0.344 e. The first-order valence-electron chi connectivity index (χ1n) is 6.19. The van der Waals surface area contributed by atoms with E-state index in [9.17, 15) is 4.79 Å². The molecule has 7 heteroatoms. The van der Waals surface area contributed by atoms with Crippen LogP contribution in [0.2, 0.25) is 0 Å². The molecule has 0 spiro atoms. The van der Waals surface area contributed by atoms with Gasteiger partial charge in [-0.25, -0.2) is 0 Å². The van der Waals surface area contributed by atoms with E-state index < -0.39 is 0 Å². The highest BCUT2D eigenvalue weighted by Crippen LogP contribution is 2.39. The van der Waals surface area contributed by atoms with Crippen LogP contribution in [0.4, 0.5) is 0 Å². The molecule has 19 heavy (non-hydrogen) atoms. The van der Waals surface area contributed by atoms with Gasteiger partial charge in [0.15, 0.2) is 5.16 Å². The number of amides is 1. The van der Waals surface area contributed by atoms with Crippen molar-refractivity contribution in [2.45, 2.75) is 42.8 Å². The van der Waals surface area contributed by atoms with Gasteiger partial charge in [-0.2, -0.15) is 0 Å². The van der Waals surface area contributed by atoms with E-state index in [-0.39, 0.29) is 17.7 Å². The van der Waals surface area contributed by atoms with Crippen LogP contribution < -0.4 is 11.1 Å². The third-order valence-electron chi connectivity index (χ3n) is 2.85. The van der Waals surface area contributed by atoms with E-state index in [1.807, 2.05) is 6.92 Å². The van der Waals surface area contributed by atoms with E-state index in [4.69, 9.17) is 12.2 Å². The average molecular weight is 279 g/mol. The summed E-state index contributed by atoms with van der Waals surface area (Å²) in [5.74, 6) is 3.06. The molecule has 1 aliphatic rings. The Hall–Kier alpha value is -1.52. The summed E-state index contributed by atoms with van der Waals surface area (Å²) in [6.07, 6.45) is 7.35. The van der Waals surface area contributed by atoms with Crippen LogP contribution in [0.25, 0.3) is 0 Å². The first kappa shape index (κ1) is 13.9. The summed E-state index contributed by atoms with van der Waals surface area (Å²) in [7, 11) is 0. The number of carbonyl (C=O) groups is 1. The van der Waals surface area contributed by atoms with E-state index in [1.54, 1.807) is 0 Å². The standard InChI is InChI=1S/C12H17N5OS/c1-3-6-14-11(18)8(2)19-12-16-15-10(7-13)17(12)9-4-5-9/h1,8-9H,4-7,13H2,2H3,(H,14,18). The van der Waals surface area contributed by atoms with Crippen LogP contribution in [0, 0.1) is 12.3 Å². The molecule has 2 rings (SSSR count). The molecule has 1 unspecified atom stereocenters. The van der Waals surface area contributed by atoms with Gasteiger partial charge in [0, 0.05) is 6.04 Å².